The number of benzene rings is 10. The molecule has 0 atom stereocenters. The average Bonchev–Trinajstić information content (AvgIpc) is 4.41. The Morgan fingerprint density at radius 1 is 0.266 bits per heavy atom. The lowest BCUT2D eigenvalue weighted by molar-refractivity contribution is 1.10. The van der Waals surface area contributed by atoms with Gasteiger partial charge >= 0.3 is 0 Å². The number of nitrogens with zero attached hydrogens (tertiary/aromatic N) is 8. The van der Waals surface area contributed by atoms with E-state index in [1.54, 1.807) is 11.3 Å². The van der Waals surface area contributed by atoms with Gasteiger partial charge in [0, 0.05) is 78.7 Å². The zero-order valence-electron chi connectivity index (χ0n) is 42.4. The largest absolute Gasteiger partial charge is 0.309 e. The van der Waals surface area contributed by atoms with E-state index in [2.05, 4.69) is 240 Å². The Hall–Kier alpha value is -10.5. The Balaban J connectivity index is 0.754. The van der Waals surface area contributed by atoms with E-state index in [0.717, 1.165) is 99.0 Å². The SMILES string of the molecule is c1ccc(-c2ccc(-c3ccnc(-c4cccc(-n5c6ccccc6c6ccc(-c7nnc(-c8ccc9c%10ccccc%10n(-c%10cccc(-c%11nccc(-c%12ccc(-c%13ccccc%13)cc%12)n%11)c%10)c9c8)s7)cc65)c4)n3)cc2)cc1. The average molecular weight is 1030 g/mol. The van der Waals surface area contributed by atoms with Crippen molar-refractivity contribution in [2.45, 2.75) is 0 Å². The molecule has 5 aromatic heterocycles. The molecule has 10 aromatic carbocycles. The molecule has 0 aliphatic heterocycles. The molecule has 370 valence electrons. The molecule has 0 unspecified atom stereocenters. The van der Waals surface area contributed by atoms with Crippen LogP contribution in [0.25, 0.3) is 144 Å². The predicted octanol–water partition coefficient (Wildman–Crippen LogP) is 17.6. The Bertz CT molecular complexity index is 4470. The van der Waals surface area contributed by atoms with Gasteiger partial charge in [0.15, 0.2) is 11.6 Å². The Morgan fingerprint density at radius 3 is 1.09 bits per heavy atom. The van der Waals surface area contributed by atoms with Gasteiger partial charge in [-0.2, -0.15) is 0 Å². The number of hydrogen-bond acceptors (Lipinski definition) is 7. The van der Waals surface area contributed by atoms with Crippen LogP contribution >= 0.6 is 11.3 Å². The lowest BCUT2D eigenvalue weighted by Gasteiger charge is -2.11. The first-order valence-electron chi connectivity index (χ1n) is 26.2. The van der Waals surface area contributed by atoms with Crippen molar-refractivity contribution in [2.24, 2.45) is 0 Å². The molecule has 0 spiro atoms. The van der Waals surface area contributed by atoms with Crippen molar-refractivity contribution in [3.8, 4) is 100 Å². The van der Waals surface area contributed by atoms with Crippen molar-refractivity contribution in [3.05, 3.63) is 267 Å². The highest BCUT2D eigenvalue weighted by Crippen LogP contribution is 2.40. The molecule has 9 heteroatoms. The Labute approximate surface area is 458 Å². The van der Waals surface area contributed by atoms with Crippen molar-refractivity contribution in [1.82, 2.24) is 39.3 Å². The second kappa shape index (κ2) is 19.3. The van der Waals surface area contributed by atoms with Crippen LogP contribution in [0.15, 0.2) is 267 Å². The van der Waals surface area contributed by atoms with Gasteiger partial charge in [0.2, 0.25) is 0 Å². The number of hydrogen-bond donors (Lipinski definition) is 0. The van der Waals surface area contributed by atoms with Crippen LogP contribution in [0.1, 0.15) is 0 Å². The van der Waals surface area contributed by atoms with Crippen molar-refractivity contribution in [2.75, 3.05) is 0 Å². The van der Waals surface area contributed by atoms with Crippen LogP contribution in [0.5, 0.6) is 0 Å². The van der Waals surface area contributed by atoms with Crippen LogP contribution in [0.2, 0.25) is 0 Å². The highest BCUT2D eigenvalue weighted by molar-refractivity contribution is 7.17. The summed E-state index contributed by atoms with van der Waals surface area (Å²) in [5.74, 6) is 1.33. The molecule has 5 heterocycles. The van der Waals surface area contributed by atoms with Gasteiger partial charge in [-0.05, 0) is 82.9 Å². The normalized spacial score (nSPS) is 11.5. The minimum Gasteiger partial charge on any atom is -0.309 e. The first kappa shape index (κ1) is 45.9. The second-order valence-electron chi connectivity index (χ2n) is 19.6. The third kappa shape index (κ3) is 8.33. The molecule has 0 radical (unpaired) electrons. The first-order valence-corrected chi connectivity index (χ1v) is 27.1. The zero-order chi connectivity index (χ0) is 52.2. The standard InChI is InChI=1S/C70H44N8S/c1-3-13-45(14-4-1)47-25-29-49(30-26-47)61-37-39-71-67(73-61)51-17-11-19-55(41-51)77-63-23-9-7-21-57(63)59-35-33-53(43-65(59)77)69-75-76-70(79-69)54-34-36-60-58-22-8-10-24-64(58)78(66(60)44-54)56-20-12-18-52(42-56)68-72-40-38-62(74-68)50-31-27-48(28-32-50)46-15-5-2-6-16-46/h1-44H. The molecule has 0 fully saturated rings. The van der Waals surface area contributed by atoms with Crippen LogP contribution in [0.3, 0.4) is 0 Å². The summed E-state index contributed by atoms with van der Waals surface area (Å²) in [5.41, 5.74) is 18.8. The minimum absolute atomic E-state index is 0.666. The molecule has 0 bridgehead atoms. The summed E-state index contributed by atoms with van der Waals surface area (Å²) in [4.78, 5) is 19.7. The quantitative estimate of drug-likeness (QED) is 0.136. The van der Waals surface area contributed by atoms with Gasteiger partial charge in [-0.1, -0.05) is 205 Å². The highest BCUT2D eigenvalue weighted by Gasteiger charge is 2.19. The van der Waals surface area contributed by atoms with Gasteiger partial charge in [-0.3, -0.25) is 0 Å². The minimum atomic E-state index is 0.666. The Morgan fingerprint density at radius 2 is 0.633 bits per heavy atom. The van der Waals surface area contributed by atoms with Crippen molar-refractivity contribution in [3.63, 3.8) is 0 Å². The number of rotatable bonds is 10. The van der Waals surface area contributed by atoms with Crippen LogP contribution in [0.4, 0.5) is 0 Å². The van der Waals surface area contributed by atoms with E-state index in [4.69, 9.17) is 30.1 Å². The van der Waals surface area contributed by atoms with E-state index in [0.29, 0.717) is 11.6 Å². The van der Waals surface area contributed by atoms with Crippen LogP contribution in [-0.2, 0) is 0 Å². The van der Waals surface area contributed by atoms with E-state index in [1.807, 2.05) is 36.7 Å². The molecular formula is C70H44N8S. The maximum atomic E-state index is 5.09. The monoisotopic (exact) mass is 1030 g/mol. The maximum Gasteiger partial charge on any atom is 0.159 e. The van der Waals surface area contributed by atoms with E-state index in [-0.39, 0.29) is 0 Å². The van der Waals surface area contributed by atoms with E-state index in [1.165, 1.54) is 33.0 Å². The van der Waals surface area contributed by atoms with Crippen molar-refractivity contribution >= 4 is 54.9 Å². The summed E-state index contributed by atoms with van der Waals surface area (Å²) in [5, 5.41) is 16.0. The van der Waals surface area contributed by atoms with Crippen LogP contribution in [-0.4, -0.2) is 39.3 Å². The number of para-hydroxylation sites is 2. The van der Waals surface area contributed by atoms with Gasteiger partial charge < -0.3 is 9.13 Å². The van der Waals surface area contributed by atoms with Crippen LogP contribution in [0, 0.1) is 0 Å². The number of aromatic nitrogens is 8. The van der Waals surface area contributed by atoms with Gasteiger partial charge in [0.05, 0.1) is 33.5 Å². The summed E-state index contributed by atoms with van der Waals surface area (Å²) < 4.78 is 4.67. The Kier molecular flexibility index (Phi) is 11.2. The number of fused-ring (bicyclic) bond motifs is 6. The molecule has 0 aliphatic carbocycles. The zero-order valence-corrected chi connectivity index (χ0v) is 43.2. The summed E-state index contributed by atoms with van der Waals surface area (Å²) in [6.07, 6.45) is 3.69. The third-order valence-corrected chi connectivity index (χ3v) is 15.9. The summed E-state index contributed by atoms with van der Waals surface area (Å²) in [6, 6.07) is 89.4. The summed E-state index contributed by atoms with van der Waals surface area (Å²) >= 11 is 1.60. The molecule has 79 heavy (non-hydrogen) atoms. The molecule has 0 saturated carbocycles. The molecule has 0 N–H and O–H groups in total. The lowest BCUT2D eigenvalue weighted by Crippen LogP contribution is -1.96. The maximum absolute atomic E-state index is 5.09. The fourth-order valence-electron chi connectivity index (χ4n) is 11.0. The third-order valence-electron chi connectivity index (χ3n) is 14.9. The van der Waals surface area contributed by atoms with Gasteiger partial charge in [0.25, 0.3) is 0 Å². The first-order chi connectivity index (χ1) is 39.1. The second-order valence-corrected chi connectivity index (χ2v) is 20.6. The van der Waals surface area contributed by atoms with Gasteiger partial charge in [0.1, 0.15) is 10.0 Å². The predicted molar refractivity (Wildman–Crippen MR) is 323 cm³/mol. The van der Waals surface area contributed by atoms with E-state index >= 15 is 0 Å². The van der Waals surface area contributed by atoms with Gasteiger partial charge in [-0.15, -0.1) is 10.2 Å². The molecule has 8 nitrogen and oxygen atoms in total. The van der Waals surface area contributed by atoms with E-state index in [9.17, 15) is 0 Å². The van der Waals surface area contributed by atoms with E-state index < -0.39 is 0 Å². The fraction of sp³-hybridized carbons (Fsp3) is 0. The molecule has 0 amide bonds. The molecule has 15 rings (SSSR count). The smallest absolute Gasteiger partial charge is 0.159 e. The van der Waals surface area contributed by atoms with Crippen molar-refractivity contribution < 1.29 is 0 Å². The molecular weight excluding hydrogens is 985 g/mol. The van der Waals surface area contributed by atoms with Crippen molar-refractivity contribution in [1.29, 1.82) is 0 Å². The lowest BCUT2D eigenvalue weighted by atomic mass is 10.0. The topological polar surface area (TPSA) is 87.2 Å². The summed E-state index contributed by atoms with van der Waals surface area (Å²) in [6.45, 7) is 0. The molecule has 0 saturated heterocycles. The summed E-state index contributed by atoms with van der Waals surface area (Å²) in [7, 11) is 0. The highest BCUT2D eigenvalue weighted by atomic mass is 32.1. The van der Waals surface area contributed by atoms with Gasteiger partial charge in [-0.25, -0.2) is 19.9 Å². The molecule has 15 aromatic rings. The van der Waals surface area contributed by atoms with Crippen LogP contribution < -0.4 is 0 Å². The molecule has 0 aliphatic rings. The fourth-order valence-corrected chi connectivity index (χ4v) is 11.9.